The van der Waals surface area contributed by atoms with Crippen molar-refractivity contribution in [1.82, 2.24) is 19.9 Å². The molecule has 1 atom stereocenters. The second kappa shape index (κ2) is 3.73. The Bertz CT molecular complexity index is 798. The number of hydrogen-bond acceptors (Lipinski definition) is 2. The van der Waals surface area contributed by atoms with Crippen LogP contribution in [-0.4, -0.2) is 26.4 Å². The summed E-state index contributed by atoms with van der Waals surface area (Å²) in [5.41, 5.74) is 6.72. The first-order chi connectivity index (χ1) is 9.90. The summed E-state index contributed by atoms with van der Waals surface area (Å²) >= 11 is 0. The van der Waals surface area contributed by atoms with Crippen molar-refractivity contribution in [2.24, 2.45) is 0 Å². The second-order valence-electron chi connectivity index (χ2n) is 5.83. The number of benzene rings is 1. The van der Waals surface area contributed by atoms with E-state index in [4.69, 9.17) is 0 Å². The van der Waals surface area contributed by atoms with Gasteiger partial charge in [-0.25, -0.2) is 4.98 Å². The Balaban J connectivity index is 1.68. The van der Waals surface area contributed by atoms with E-state index in [0.717, 1.165) is 25.9 Å². The number of nitrogens with one attached hydrogen (secondary N) is 2. The zero-order chi connectivity index (χ0) is 13.1. The number of para-hydroxylation sites is 1. The van der Waals surface area contributed by atoms with Crippen molar-refractivity contribution in [3.05, 3.63) is 53.2 Å². The number of aromatic amines is 2. The number of imidazole rings is 1. The number of H-pyrrole nitrogens is 2. The third-order valence-corrected chi connectivity index (χ3v) is 4.83. The fourth-order valence-corrected chi connectivity index (χ4v) is 3.84. The van der Waals surface area contributed by atoms with Crippen molar-refractivity contribution in [2.45, 2.75) is 25.4 Å². The van der Waals surface area contributed by atoms with E-state index in [1.165, 1.54) is 33.5 Å². The second-order valence-corrected chi connectivity index (χ2v) is 5.83. The molecule has 2 aromatic heterocycles. The van der Waals surface area contributed by atoms with Crippen LogP contribution in [-0.2, 0) is 19.4 Å². The summed E-state index contributed by atoms with van der Waals surface area (Å²) in [6, 6.07) is 9.12. The lowest BCUT2D eigenvalue weighted by Gasteiger charge is -2.38. The largest absolute Gasteiger partial charge is 0.357 e. The summed E-state index contributed by atoms with van der Waals surface area (Å²) in [5, 5.41) is 1.40. The van der Waals surface area contributed by atoms with E-state index in [-0.39, 0.29) is 0 Å². The van der Waals surface area contributed by atoms with Gasteiger partial charge in [0.25, 0.3) is 0 Å². The number of nitrogens with zero attached hydrogens (tertiary/aromatic N) is 2. The quantitative estimate of drug-likeness (QED) is 0.655. The van der Waals surface area contributed by atoms with Gasteiger partial charge in [0, 0.05) is 36.1 Å². The van der Waals surface area contributed by atoms with Crippen molar-refractivity contribution in [3.8, 4) is 0 Å². The molecule has 1 unspecified atom stereocenters. The molecule has 5 rings (SSSR count). The molecule has 0 amide bonds. The van der Waals surface area contributed by atoms with Crippen molar-refractivity contribution >= 4 is 10.9 Å². The topological polar surface area (TPSA) is 47.7 Å². The first-order valence-electron chi connectivity index (χ1n) is 7.25. The third-order valence-electron chi connectivity index (χ3n) is 4.83. The Morgan fingerprint density at radius 1 is 1.25 bits per heavy atom. The highest BCUT2D eigenvalue weighted by Crippen LogP contribution is 2.39. The van der Waals surface area contributed by atoms with Gasteiger partial charge in [0.15, 0.2) is 0 Å². The molecule has 1 aromatic carbocycles. The van der Waals surface area contributed by atoms with Gasteiger partial charge in [0.2, 0.25) is 0 Å². The minimum atomic E-state index is 0.460. The van der Waals surface area contributed by atoms with Crippen LogP contribution in [0.1, 0.15) is 28.7 Å². The van der Waals surface area contributed by atoms with Crippen molar-refractivity contribution in [2.75, 3.05) is 6.54 Å². The minimum absolute atomic E-state index is 0.460. The zero-order valence-electron chi connectivity index (χ0n) is 11.2. The molecule has 4 heteroatoms. The first-order valence-corrected chi connectivity index (χ1v) is 7.25. The molecular weight excluding hydrogens is 248 g/mol. The third kappa shape index (κ3) is 1.32. The normalized spacial score (nSPS) is 21.5. The van der Waals surface area contributed by atoms with Crippen LogP contribution in [0.5, 0.6) is 0 Å². The SMILES string of the molecule is c1ccc2c3c([nH]c2c1)C1Cc2nc[nH]c2CN1CC3. The van der Waals surface area contributed by atoms with Crippen molar-refractivity contribution in [1.29, 1.82) is 0 Å². The molecular formula is C16H16N4. The monoisotopic (exact) mass is 264 g/mol. The molecule has 3 aromatic rings. The van der Waals surface area contributed by atoms with Crippen LogP contribution < -0.4 is 0 Å². The van der Waals surface area contributed by atoms with E-state index in [1.54, 1.807) is 0 Å². The lowest BCUT2D eigenvalue weighted by molar-refractivity contribution is 0.155. The van der Waals surface area contributed by atoms with Gasteiger partial charge < -0.3 is 9.97 Å². The minimum Gasteiger partial charge on any atom is -0.357 e. The van der Waals surface area contributed by atoms with Gasteiger partial charge in [-0.1, -0.05) is 18.2 Å². The summed E-state index contributed by atoms with van der Waals surface area (Å²) < 4.78 is 0. The summed E-state index contributed by atoms with van der Waals surface area (Å²) in [6.07, 6.45) is 3.98. The van der Waals surface area contributed by atoms with Gasteiger partial charge >= 0.3 is 0 Å². The van der Waals surface area contributed by atoms with Gasteiger partial charge in [-0.05, 0) is 18.1 Å². The van der Waals surface area contributed by atoms with E-state index in [1.807, 2.05) is 6.33 Å². The van der Waals surface area contributed by atoms with E-state index in [0.29, 0.717) is 6.04 Å². The van der Waals surface area contributed by atoms with Crippen LogP contribution in [0.4, 0.5) is 0 Å². The van der Waals surface area contributed by atoms with Crippen molar-refractivity contribution in [3.63, 3.8) is 0 Å². The molecule has 0 saturated carbocycles. The smallest absolute Gasteiger partial charge is 0.0925 e. The highest BCUT2D eigenvalue weighted by atomic mass is 15.2. The van der Waals surface area contributed by atoms with Crippen LogP contribution >= 0.6 is 0 Å². The lowest BCUT2D eigenvalue weighted by Crippen LogP contribution is -2.39. The summed E-state index contributed by atoms with van der Waals surface area (Å²) in [6.45, 7) is 2.13. The van der Waals surface area contributed by atoms with Crippen LogP contribution in [0.3, 0.4) is 0 Å². The Morgan fingerprint density at radius 3 is 3.20 bits per heavy atom. The number of rotatable bonds is 0. The summed E-state index contributed by atoms with van der Waals surface area (Å²) in [5.74, 6) is 0. The molecule has 20 heavy (non-hydrogen) atoms. The van der Waals surface area contributed by atoms with E-state index in [9.17, 15) is 0 Å². The number of aromatic nitrogens is 3. The van der Waals surface area contributed by atoms with Gasteiger partial charge in [-0.15, -0.1) is 0 Å². The van der Waals surface area contributed by atoms with Crippen molar-refractivity contribution < 1.29 is 0 Å². The molecule has 2 aliphatic heterocycles. The molecule has 0 spiro atoms. The predicted octanol–water partition coefficient (Wildman–Crippen LogP) is 2.55. The highest BCUT2D eigenvalue weighted by molar-refractivity contribution is 5.85. The predicted molar refractivity (Wildman–Crippen MR) is 77.4 cm³/mol. The summed E-state index contributed by atoms with van der Waals surface area (Å²) in [4.78, 5) is 14.0. The van der Waals surface area contributed by atoms with E-state index >= 15 is 0 Å². The fraction of sp³-hybridized carbons (Fsp3) is 0.312. The Kier molecular flexibility index (Phi) is 1.99. The zero-order valence-corrected chi connectivity index (χ0v) is 11.2. The maximum absolute atomic E-state index is 4.48. The molecule has 4 nitrogen and oxygen atoms in total. The molecule has 0 fully saturated rings. The van der Waals surface area contributed by atoms with Crippen LogP contribution in [0.15, 0.2) is 30.6 Å². The Labute approximate surface area is 116 Å². The van der Waals surface area contributed by atoms with Gasteiger partial charge in [0.05, 0.1) is 23.8 Å². The molecule has 0 aliphatic carbocycles. The lowest BCUT2D eigenvalue weighted by atomic mass is 9.91. The Hall–Kier alpha value is -2.07. The molecule has 100 valence electrons. The highest BCUT2D eigenvalue weighted by Gasteiger charge is 2.34. The molecule has 4 heterocycles. The number of hydrogen-bond donors (Lipinski definition) is 2. The van der Waals surface area contributed by atoms with Gasteiger partial charge in [-0.2, -0.15) is 0 Å². The average Bonchev–Trinajstić information content (AvgIpc) is 3.08. The van der Waals surface area contributed by atoms with Crippen LogP contribution in [0, 0.1) is 0 Å². The molecule has 0 bridgehead atoms. The number of fused-ring (bicyclic) bond motifs is 6. The first kappa shape index (κ1) is 10.7. The maximum atomic E-state index is 4.48. The van der Waals surface area contributed by atoms with Gasteiger partial charge in [0.1, 0.15) is 0 Å². The maximum Gasteiger partial charge on any atom is 0.0925 e. The summed E-state index contributed by atoms with van der Waals surface area (Å²) in [7, 11) is 0. The Morgan fingerprint density at radius 2 is 2.20 bits per heavy atom. The molecule has 0 radical (unpaired) electrons. The standard InChI is InChI=1S/C16H16N4/c1-2-4-12-10(3-1)11-5-6-20-8-14-13(17-9-18-14)7-15(20)16(11)19-12/h1-4,9,15,19H,5-8H2,(H,17,18). The van der Waals surface area contributed by atoms with Gasteiger partial charge in [-0.3, -0.25) is 4.90 Å². The molecule has 2 N–H and O–H groups in total. The van der Waals surface area contributed by atoms with E-state index < -0.39 is 0 Å². The fourth-order valence-electron chi connectivity index (χ4n) is 3.84. The average molecular weight is 264 g/mol. The van der Waals surface area contributed by atoms with Crippen LogP contribution in [0.2, 0.25) is 0 Å². The van der Waals surface area contributed by atoms with Crippen LogP contribution in [0.25, 0.3) is 10.9 Å². The molecule has 0 saturated heterocycles. The van der Waals surface area contributed by atoms with E-state index in [2.05, 4.69) is 44.1 Å². The molecule has 2 aliphatic rings.